The fourth-order valence-corrected chi connectivity index (χ4v) is 3.73. The normalized spacial score (nSPS) is 14.9. The van der Waals surface area contributed by atoms with Gasteiger partial charge in [0.2, 0.25) is 0 Å². The minimum absolute atomic E-state index is 0.0619. The topological polar surface area (TPSA) is 53.6 Å². The van der Waals surface area contributed by atoms with Gasteiger partial charge in [-0.25, -0.2) is 0 Å². The zero-order chi connectivity index (χ0) is 19.9. The summed E-state index contributed by atoms with van der Waals surface area (Å²) in [7, 11) is 1.73. The molecule has 1 heterocycles. The highest BCUT2D eigenvalue weighted by Crippen LogP contribution is 2.23. The molecule has 0 saturated carbocycles. The zero-order valence-electron chi connectivity index (χ0n) is 17.1. The number of rotatable bonds is 7. The van der Waals surface area contributed by atoms with Crippen LogP contribution in [0.1, 0.15) is 34.3 Å². The van der Waals surface area contributed by atoms with Gasteiger partial charge >= 0.3 is 0 Å². The van der Waals surface area contributed by atoms with Gasteiger partial charge < -0.3 is 20.3 Å². The minimum Gasteiger partial charge on any atom is -0.383 e. The van der Waals surface area contributed by atoms with Crippen molar-refractivity contribution >= 4 is 17.3 Å². The Morgan fingerprint density at radius 1 is 1.11 bits per heavy atom. The van der Waals surface area contributed by atoms with Crippen molar-refractivity contribution in [3.63, 3.8) is 0 Å². The Bertz CT molecular complexity index is 781. The van der Waals surface area contributed by atoms with E-state index in [9.17, 15) is 4.79 Å². The number of methoxy groups -OCH3 is 1. The van der Waals surface area contributed by atoms with Crippen LogP contribution in [-0.4, -0.2) is 45.3 Å². The van der Waals surface area contributed by atoms with Crippen molar-refractivity contribution in [1.29, 1.82) is 0 Å². The van der Waals surface area contributed by atoms with Gasteiger partial charge in [-0.2, -0.15) is 0 Å². The van der Waals surface area contributed by atoms with E-state index in [1.807, 2.05) is 44.2 Å². The lowest BCUT2D eigenvalue weighted by molar-refractivity contribution is 0.102. The molecule has 0 atom stereocenters. The summed E-state index contributed by atoms with van der Waals surface area (Å²) in [5.74, 6) is -0.0619. The van der Waals surface area contributed by atoms with Crippen LogP contribution in [0.3, 0.4) is 0 Å². The van der Waals surface area contributed by atoms with Crippen LogP contribution in [0.25, 0.3) is 0 Å². The first kappa shape index (κ1) is 20.4. The second kappa shape index (κ2) is 9.71. The van der Waals surface area contributed by atoms with E-state index in [0.29, 0.717) is 6.04 Å². The van der Waals surface area contributed by atoms with Crippen molar-refractivity contribution in [2.75, 3.05) is 43.6 Å². The predicted octanol–water partition coefficient (Wildman–Crippen LogP) is 3.76. The monoisotopic (exact) mass is 381 g/mol. The van der Waals surface area contributed by atoms with E-state index >= 15 is 0 Å². The summed E-state index contributed by atoms with van der Waals surface area (Å²) in [6, 6.07) is 14.6. The number of nitrogens with one attached hydrogen (secondary N) is 2. The Morgan fingerprint density at radius 2 is 1.82 bits per heavy atom. The van der Waals surface area contributed by atoms with Gasteiger partial charge in [0.25, 0.3) is 5.91 Å². The summed E-state index contributed by atoms with van der Waals surface area (Å²) in [5, 5.41) is 6.55. The fourth-order valence-electron chi connectivity index (χ4n) is 3.73. The first-order chi connectivity index (χ1) is 13.6. The third-order valence-corrected chi connectivity index (χ3v) is 5.35. The van der Waals surface area contributed by atoms with Crippen LogP contribution >= 0.6 is 0 Å². The standard InChI is InChI=1S/C23H31N3O2/c1-17-4-9-22(18(2)16-17)23(27)25-20-5-7-21(8-6-20)26-13-10-19(11-14-26)24-12-15-28-3/h4-9,16,19,24H,10-15H2,1-3H3,(H,25,27). The molecule has 0 bridgehead atoms. The van der Waals surface area contributed by atoms with Crippen LogP contribution in [0.4, 0.5) is 11.4 Å². The molecule has 1 saturated heterocycles. The number of hydrogen-bond donors (Lipinski definition) is 2. The maximum Gasteiger partial charge on any atom is 0.255 e. The molecule has 0 unspecified atom stereocenters. The highest BCUT2D eigenvalue weighted by molar-refractivity contribution is 6.05. The molecule has 0 aromatic heterocycles. The molecule has 2 aromatic carbocycles. The van der Waals surface area contributed by atoms with E-state index in [0.717, 1.165) is 61.5 Å². The van der Waals surface area contributed by atoms with Crippen LogP contribution in [0.5, 0.6) is 0 Å². The molecule has 0 spiro atoms. The Balaban J connectivity index is 1.53. The molecule has 150 valence electrons. The first-order valence-electron chi connectivity index (χ1n) is 10.0. The number of benzene rings is 2. The van der Waals surface area contributed by atoms with Gasteiger partial charge in [-0.05, 0) is 62.6 Å². The van der Waals surface area contributed by atoms with E-state index in [-0.39, 0.29) is 5.91 Å². The first-order valence-corrected chi connectivity index (χ1v) is 10.0. The van der Waals surface area contributed by atoms with Crippen molar-refractivity contribution in [2.45, 2.75) is 32.7 Å². The number of ether oxygens (including phenoxy) is 1. The quantitative estimate of drug-likeness (QED) is 0.717. The van der Waals surface area contributed by atoms with E-state index < -0.39 is 0 Å². The second-order valence-electron chi connectivity index (χ2n) is 7.53. The Morgan fingerprint density at radius 3 is 2.46 bits per heavy atom. The minimum atomic E-state index is -0.0619. The molecule has 1 fully saturated rings. The highest BCUT2D eigenvalue weighted by atomic mass is 16.5. The average molecular weight is 382 g/mol. The molecule has 0 aliphatic carbocycles. The van der Waals surface area contributed by atoms with E-state index in [2.05, 4.69) is 27.7 Å². The zero-order valence-corrected chi connectivity index (χ0v) is 17.1. The van der Waals surface area contributed by atoms with Crippen molar-refractivity contribution < 1.29 is 9.53 Å². The number of aryl methyl sites for hydroxylation is 2. The maximum absolute atomic E-state index is 12.5. The fraction of sp³-hybridized carbons (Fsp3) is 0.435. The largest absolute Gasteiger partial charge is 0.383 e. The van der Waals surface area contributed by atoms with Crippen LogP contribution in [-0.2, 0) is 4.74 Å². The lowest BCUT2D eigenvalue weighted by atomic mass is 10.0. The van der Waals surface area contributed by atoms with Crippen molar-refractivity contribution in [2.24, 2.45) is 0 Å². The van der Waals surface area contributed by atoms with Crippen molar-refractivity contribution in [3.05, 3.63) is 59.2 Å². The van der Waals surface area contributed by atoms with Gasteiger partial charge in [-0.15, -0.1) is 0 Å². The summed E-state index contributed by atoms with van der Waals surface area (Å²) in [6.07, 6.45) is 2.27. The maximum atomic E-state index is 12.5. The van der Waals surface area contributed by atoms with Gasteiger partial charge in [0, 0.05) is 49.7 Å². The number of nitrogens with zero attached hydrogens (tertiary/aromatic N) is 1. The highest BCUT2D eigenvalue weighted by Gasteiger charge is 2.19. The molecule has 2 N–H and O–H groups in total. The Kier molecular flexibility index (Phi) is 7.06. The number of hydrogen-bond acceptors (Lipinski definition) is 4. The molecule has 1 aliphatic heterocycles. The molecular weight excluding hydrogens is 350 g/mol. The summed E-state index contributed by atoms with van der Waals surface area (Å²) in [5.41, 5.74) is 4.91. The van der Waals surface area contributed by atoms with Gasteiger partial charge in [-0.1, -0.05) is 17.7 Å². The molecule has 1 amide bonds. The van der Waals surface area contributed by atoms with E-state index in [4.69, 9.17) is 4.74 Å². The van der Waals surface area contributed by atoms with Gasteiger partial charge in [0.1, 0.15) is 0 Å². The third-order valence-electron chi connectivity index (χ3n) is 5.35. The number of carbonyl (C=O) groups is 1. The molecule has 0 radical (unpaired) electrons. The van der Waals surface area contributed by atoms with Crippen LogP contribution in [0.15, 0.2) is 42.5 Å². The van der Waals surface area contributed by atoms with E-state index in [1.165, 1.54) is 5.69 Å². The van der Waals surface area contributed by atoms with Crippen LogP contribution in [0.2, 0.25) is 0 Å². The third kappa shape index (κ3) is 5.33. The second-order valence-corrected chi connectivity index (χ2v) is 7.53. The van der Waals surface area contributed by atoms with Gasteiger partial charge in [0.05, 0.1) is 6.61 Å². The Hall–Kier alpha value is -2.37. The van der Waals surface area contributed by atoms with Gasteiger partial charge in [0.15, 0.2) is 0 Å². The molecule has 3 rings (SSSR count). The van der Waals surface area contributed by atoms with Crippen LogP contribution in [0, 0.1) is 13.8 Å². The van der Waals surface area contributed by atoms with Crippen molar-refractivity contribution in [1.82, 2.24) is 5.32 Å². The molecule has 28 heavy (non-hydrogen) atoms. The summed E-state index contributed by atoms with van der Waals surface area (Å²) >= 11 is 0. The summed E-state index contributed by atoms with van der Waals surface area (Å²) in [4.78, 5) is 14.9. The molecular formula is C23H31N3O2. The number of amides is 1. The van der Waals surface area contributed by atoms with Crippen molar-refractivity contribution in [3.8, 4) is 0 Å². The summed E-state index contributed by atoms with van der Waals surface area (Å²) < 4.78 is 5.10. The number of anilines is 2. The van der Waals surface area contributed by atoms with E-state index in [1.54, 1.807) is 7.11 Å². The molecule has 2 aromatic rings. The molecule has 1 aliphatic rings. The summed E-state index contributed by atoms with van der Waals surface area (Å²) in [6.45, 7) is 7.76. The Labute approximate surface area is 168 Å². The smallest absolute Gasteiger partial charge is 0.255 e. The predicted molar refractivity (Wildman–Crippen MR) is 115 cm³/mol. The lowest BCUT2D eigenvalue weighted by Crippen LogP contribution is -2.43. The molecule has 5 nitrogen and oxygen atoms in total. The average Bonchev–Trinajstić information content (AvgIpc) is 2.69. The SMILES string of the molecule is COCCNC1CCN(c2ccc(NC(=O)c3ccc(C)cc3C)cc2)CC1. The number of piperidine rings is 1. The van der Waals surface area contributed by atoms with Gasteiger partial charge in [-0.3, -0.25) is 4.79 Å². The lowest BCUT2D eigenvalue weighted by Gasteiger charge is -2.34. The van der Waals surface area contributed by atoms with Crippen LogP contribution < -0.4 is 15.5 Å². The number of carbonyl (C=O) groups excluding carboxylic acids is 1. The molecule has 5 heteroatoms.